The van der Waals surface area contributed by atoms with Crippen molar-refractivity contribution in [2.24, 2.45) is 0 Å². The van der Waals surface area contributed by atoms with Crippen LogP contribution in [0.5, 0.6) is 0 Å². The lowest BCUT2D eigenvalue weighted by atomic mass is 10.0. The minimum Gasteiger partial charge on any atom is -0.465 e. The number of amides is 3. The standard InChI is InChI=1S/C22H22N4O4S/c1-26(2)21(28)19(25-22(29)30)13-5-7-14(8-6-13)20(27)24-17-12-15(9-10-16(17)23)18-4-3-11-31-18/h3-12,19,25H,23H2,1-2H3,(H,24,27)(H,29,30). The molecule has 0 fully saturated rings. The van der Waals surface area contributed by atoms with E-state index in [1.54, 1.807) is 29.5 Å². The van der Waals surface area contributed by atoms with Gasteiger partial charge in [0.1, 0.15) is 6.04 Å². The summed E-state index contributed by atoms with van der Waals surface area (Å²) in [6.07, 6.45) is -1.32. The number of anilines is 2. The maximum Gasteiger partial charge on any atom is 0.405 e. The number of carboxylic acid groups (broad SMARTS) is 1. The van der Waals surface area contributed by atoms with E-state index in [2.05, 4.69) is 10.6 Å². The van der Waals surface area contributed by atoms with Gasteiger partial charge in [0, 0.05) is 24.5 Å². The van der Waals surface area contributed by atoms with Gasteiger partial charge in [0.15, 0.2) is 0 Å². The number of carbonyl (C=O) groups is 3. The normalized spacial score (nSPS) is 11.4. The predicted octanol–water partition coefficient (Wildman–Crippen LogP) is 3.65. The number of carbonyl (C=O) groups excluding carboxylic acids is 2. The number of rotatable bonds is 6. The summed E-state index contributed by atoms with van der Waals surface area (Å²) in [5, 5.41) is 16.0. The Hall–Kier alpha value is -3.85. The molecule has 0 saturated carbocycles. The smallest absolute Gasteiger partial charge is 0.405 e. The van der Waals surface area contributed by atoms with Gasteiger partial charge in [-0.05, 0) is 46.8 Å². The molecule has 0 spiro atoms. The fourth-order valence-corrected chi connectivity index (χ4v) is 3.68. The van der Waals surface area contributed by atoms with Crippen LogP contribution >= 0.6 is 11.3 Å². The molecule has 3 amide bonds. The van der Waals surface area contributed by atoms with Crippen molar-refractivity contribution in [1.82, 2.24) is 10.2 Å². The van der Waals surface area contributed by atoms with Crippen molar-refractivity contribution in [3.05, 3.63) is 71.1 Å². The highest BCUT2D eigenvalue weighted by atomic mass is 32.1. The molecule has 31 heavy (non-hydrogen) atoms. The van der Waals surface area contributed by atoms with Crippen LogP contribution in [-0.4, -0.2) is 42.0 Å². The van der Waals surface area contributed by atoms with Gasteiger partial charge in [0.2, 0.25) is 5.91 Å². The highest BCUT2D eigenvalue weighted by Crippen LogP contribution is 2.30. The quantitative estimate of drug-likeness (QED) is 0.437. The van der Waals surface area contributed by atoms with E-state index < -0.39 is 18.0 Å². The van der Waals surface area contributed by atoms with E-state index in [4.69, 9.17) is 10.8 Å². The summed E-state index contributed by atoms with van der Waals surface area (Å²) in [4.78, 5) is 38.5. The summed E-state index contributed by atoms with van der Waals surface area (Å²) in [5.41, 5.74) is 8.67. The fraction of sp³-hybridized carbons (Fsp3) is 0.136. The highest BCUT2D eigenvalue weighted by molar-refractivity contribution is 7.13. The molecule has 1 heterocycles. The van der Waals surface area contributed by atoms with Crippen molar-refractivity contribution < 1.29 is 19.5 Å². The van der Waals surface area contributed by atoms with Gasteiger partial charge in [-0.1, -0.05) is 24.3 Å². The fourth-order valence-electron chi connectivity index (χ4n) is 2.95. The highest BCUT2D eigenvalue weighted by Gasteiger charge is 2.24. The molecule has 0 aliphatic carbocycles. The Kier molecular flexibility index (Phi) is 6.56. The van der Waals surface area contributed by atoms with Crippen LogP contribution in [0.4, 0.5) is 16.2 Å². The third-order valence-corrected chi connectivity index (χ3v) is 5.49. The van der Waals surface area contributed by atoms with Crippen LogP contribution in [0.25, 0.3) is 10.4 Å². The lowest BCUT2D eigenvalue weighted by Crippen LogP contribution is -2.39. The van der Waals surface area contributed by atoms with Crippen LogP contribution in [-0.2, 0) is 4.79 Å². The van der Waals surface area contributed by atoms with E-state index in [9.17, 15) is 14.4 Å². The first kappa shape index (κ1) is 21.8. The lowest BCUT2D eigenvalue weighted by Gasteiger charge is -2.21. The number of nitrogens with two attached hydrogens (primary N) is 1. The molecular weight excluding hydrogens is 416 g/mol. The summed E-state index contributed by atoms with van der Waals surface area (Å²) in [6.45, 7) is 0. The average molecular weight is 439 g/mol. The van der Waals surface area contributed by atoms with Crippen molar-refractivity contribution in [1.29, 1.82) is 0 Å². The van der Waals surface area contributed by atoms with Crippen molar-refractivity contribution >= 4 is 40.6 Å². The van der Waals surface area contributed by atoms with E-state index in [1.807, 2.05) is 29.6 Å². The topological polar surface area (TPSA) is 125 Å². The molecule has 0 aliphatic heterocycles. The van der Waals surface area contributed by atoms with Crippen molar-refractivity contribution in [3.8, 4) is 10.4 Å². The van der Waals surface area contributed by atoms with Gasteiger partial charge in [0.05, 0.1) is 11.4 Å². The van der Waals surface area contributed by atoms with Gasteiger partial charge in [0.25, 0.3) is 5.91 Å². The molecule has 5 N–H and O–H groups in total. The molecule has 0 bridgehead atoms. The SMILES string of the molecule is CN(C)C(=O)C(NC(=O)O)c1ccc(C(=O)Nc2cc(-c3cccs3)ccc2N)cc1. The van der Waals surface area contributed by atoms with E-state index in [0.29, 0.717) is 22.5 Å². The third-order valence-electron chi connectivity index (χ3n) is 4.57. The molecule has 0 aliphatic rings. The molecule has 1 atom stereocenters. The Bertz CT molecular complexity index is 1100. The number of hydrogen-bond acceptors (Lipinski definition) is 5. The van der Waals surface area contributed by atoms with E-state index >= 15 is 0 Å². The molecule has 3 aromatic rings. The van der Waals surface area contributed by atoms with Crippen LogP contribution in [0.3, 0.4) is 0 Å². The Morgan fingerprint density at radius 2 is 1.77 bits per heavy atom. The van der Waals surface area contributed by atoms with Crippen molar-refractivity contribution in [2.45, 2.75) is 6.04 Å². The molecular formula is C22H22N4O4S. The van der Waals surface area contributed by atoms with Gasteiger partial charge in [-0.2, -0.15) is 0 Å². The summed E-state index contributed by atoms with van der Waals surface area (Å²) in [7, 11) is 3.07. The zero-order valence-corrected chi connectivity index (χ0v) is 17.8. The van der Waals surface area contributed by atoms with E-state index in [0.717, 1.165) is 10.4 Å². The molecule has 160 valence electrons. The third kappa shape index (κ3) is 5.20. The first-order valence-corrected chi connectivity index (χ1v) is 10.2. The Labute approximate surface area is 183 Å². The minimum absolute atomic E-state index is 0.344. The number of likely N-dealkylation sites (N-methyl/N-ethyl adjacent to an activating group) is 1. The van der Waals surface area contributed by atoms with Gasteiger partial charge in [-0.25, -0.2) is 4.79 Å². The maximum atomic E-state index is 12.7. The largest absolute Gasteiger partial charge is 0.465 e. The Morgan fingerprint density at radius 3 is 2.35 bits per heavy atom. The molecule has 8 nitrogen and oxygen atoms in total. The van der Waals surface area contributed by atoms with Crippen molar-refractivity contribution in [3.63, 3.8) is 0 Å². The molecule has 9 heteroatoms. The number of benzene rings is 2. The number of nitrogens with zero attached hydrogens (tertiary/aromatic N) is 1. The number of nitrogen functional groups attached to an aromatic ring is 1. The van der Waals surface area contributed by atoms with Crippen LogP contribution < -0.4 is 16.4 Å². The second-order valence-electron chi connectivity index (χ2n) is 6.97. The first-order chi connectivity index (χ1) is 14.8. The van der Waals surface area contributed by atoms with E-state index in [1.165, 1.54) is 31.1 Å². The van der Waals surface area contributed by atoms with Gasteiger partial charge >= 0.3 is 6.09 Å². The Balaban J connectivity index is 1.80. The Morgan fingerprint density at radius 1 is 1.06 bits per heavy atom. The predicted molar refractivity (Wildman–Crippen MR) is 121 cm³/mol. The zero-order valence-electron chi connectivity index (χ0n) is 17.0. The second-order valence-corrected chi connectivity index (χ2v) is 7.92. The first-order valence-electron chi connectivity index (χ1n) is 9.31. The van der Waals surface area contributed by atoms with Gasteiger partial charge < -0.3 is 26.4 Å². The molecule has 0 saturated heterocycles. The van der Waals surface area contributed by atoms with Gasteiger partial charge in [-0.3, -0.25) is 9.59 Å². The van der Waals surface area contributed by atoms with E-state index in [-0.39, 0.29) is 5.91 Å². The lowest BCUT2D eigenvalue weighted by molar-refractivity contribution is -0.130. The molecule has 2 aromatic carbocycles. The number of thiophene rings is 1. The average Bonchev–Trinajstić information content (AvgIpc) is 3.28. The number of nitrogens with one attached hydrogen (secondary N) is 2. The van der Waals surface area contributed by atoms with Gasteiger partial charge in [-0.15, -0.1) is 11.3 Å². The summed E-state index contributed by atoms with van der Waals surface area (Å²) in [6, 6.07) is 14.5. The molecule has 1 aromatic heterocycles. The minimum atomic E-state index is -1.32. The maximum absolute atomic E-state index is 12.7. The summed E-state index contributed by atoms with van der Waals surface area (Å²) >= 11 is 1.59. The number of hydrogen-bond donors (Lipinski definition) is 4. The zero-order chi connectivity index (χ0) is 22.5. The molecule has 1 unspecified atom stereocenters. The van der Waals surface area contributed by atoms with Crippen LogP contribution in [0.15, 0.2) is 60.0 Å². The van der Waals surface area contributed by atoms with Crippen molar-refractivity contribution in [2.75, 3.05) is 25.1 Å². The summed E-state index contributed by atoms with van der Waals surface area (Å²) < 4.78 is 0. The molecule has 3 rings (SSSR count). The summed E-state index contributed by atoms with van der Waals surface area (Å²) in [5.74, 6) is -0.791. The molecule has 0 radical (unpaired) electrons. The van der Waals surface area contributed by atoms with Crippen LogP contribution in [0.2, 0.25) is 0 Å². The van der Waals surface area contributed by atoms with Crippen LogP contribution in [0.1, 0.15) is 22.0 Å². The second kappa shape index (κ2) is 9.31. The monoisotopic (exact) mass is 438 g/mol. The van der Waals surface area contributed by atoms with Crippen LogP contribution in [0, 0.1) is 0 Å².